The molecule has 0 heterocycles. The van der Waals surface area contributed by atoms with Crippen LogP contribution in [-0.4, -0.2) is 11.4 Å². The molecule has 1 atom stereocenters. The SMILES string of the molecule is CC(=O)N=S(c1ccc(Cl)cc1)C(F)(F)F. The first kappa shape index (κ1) is 13.2. The van der Waals surface area contributed by atoms with Crippen molar-refractivity contribution in [2.45, 2.75) is 17.3 Å². The van der Waals surface area contributed by atoms with Crippen LogP contribution in [0.15, 0.2) is 33.5 Å². The zero-order chi connectivity index (χ0) is 12.3. The van der Waals surface area contributed by atoms with Crippen LogP contribution in [0.4, 0.5) is 13.2 Å². The molecule has 7 heteroatoms. The fourth-order valence-corrected chi connectivity index (χ4v) is 2.18. The van der Waals surface area contributed by atoms with E-state index in [-0.39, 0.29) is 4.90 Å². The molecule has 1 aromatic rings. The molecular weight excluding hydrogens is 263 g/mol. The number of halogens is 4. The Morgan fingerprint density at radius 2 is 1.81 bits per heavy atom. The summed E-state index contributed by atoms with van der Waals surface area (Å²) < 4.78 is 40.9. The van der Waals surface area contributed by atoms with Crippen molar-refractivity contribution < 1.29 is 18.0 Å². The van der Waals surface area contributed by atoms with Crippen molar-refractivity contribution in [3.8, 4) is 0 Å². The third kappa shape index (κ3) is 3.61. The number of rotatable bonds is 1. The van der Waals surface area contributed by atoms with Crippen molar-refractivity contribution in [1.82, 2.24) is 0 Å². The summed E-state index contributed by atoms with van der Waals surface area (Å²) in [5, 5.41) is 0.331. The third-order valence-corrected chi connectivity index (χ3v) is 3.32. The fourth-order valence-electron chi connectivity index (χ4n) is 0.930. The standard InChI is InChI=1S/C9H7ClF3NOS/c1-6(15)14-16(9(11,12)13)8-4-2-7(10)3-5-8/h2-5H,1H3. The molecule has 0 aliphatic carbocycles. The van der Waals surface area contributed by atoms with Gasteiger partial charge in [-0.3, -0.25) is 4.79 Å². The van der Waals surface area contributed by atoms with E-state index >= 15 is 0 Å². The van der Waals surface area contributed by atoms with E-state index < -0.39 is 22.1 Å². The van der Waals surface area contributed by atoms with Gasteiger partial charge in [-0.2, -0.15) is 17.5 Å². The van der Waals surface area contributed by atoms with Crippen LogP contribution in [0.5, 0.6) is 0 Å². The molecule has 1 aromatic carbocycles. The van der Waals surface area contributed by atoms with Crippen LogP contribution in [0.3, 0.4) is 0 Å². The predicted molar refractivity (Wildman–Crippen MR) is 56.2 cm³/mol. The van der Waals surface area contributed by atoms with Crippen LogP contribution >= 0.6 is 11.6 Å². The first-order chi connectivity index (χ1) is 7.30. The van der Waals surface area contributed by atoms with Crippen molar-refractivity contribution in [2.75, 3.05) is 0 Å². The number of amides is 1. The number of benzene rings is 1. The zero-order valence-electron chi connectivity index (χ0n) is 8.08. The lowest BCUT2D eigenvalue weighted by Gasteiger charge is -2.11. The number of hydrogen-bond donors (Lipinski definition) is 0. The molecule has 0 fully saturated rings. The maximum absolute atomic E-state index is 12.6. The molecule has 0 spiro atoms. The Labute approximate surface area is 97.5 Å². The quantitative estimate of drug-likeness (QED) is 0.766. The molecule has 1 amide bonds. The van der Waals surface area contributed by atoms with Crippen molar-refractivity contribution in [3.63, 3.8) is 0 Å². The largest absolute Gasteiger partial charge is 0.457 e. The minimum atomic E-state index is -4.56. The highest BCUT2D eigenvalue weighted by molar-refractivity contribution is 7.88. The van der Waals surface area contributed by atoms with Crippen LogP contribution < -0.4 is 0 Å². The van der Waals surface area contributed by atoms with Crippen LogP contribution in [0, 0.1) is 0 Å². The number of alkyl halides is 3. The summed E-state index contributed by atoms with van der Waals surface area (Å²) in [7, 11) is -2.43. The summed E-state index contributed by atoms with van der Waals surface area (Å²) in [5.41, 5.74) is -4.56. The first-order valence-corrected chi connectivity index (χ1v) is 5.66. The second-order valence-electron chi connectivity index (χ2n) is 2.79. The van der Waals surface area contributed by atoms with Gasteiger partial charge in [-0.05, 0) is 24.3 Å². The highest BCUT2D eigenvalue weighted by Gasteiger charge is 2.36. The lowest BCUT2D eigenvalue weighted by Crippen LogP contribution is -2.17. The predicted octanol–water partition coefficient (Wildman–Crippen LogP) is 3.57. The summed E-state index contributed by atoms with van der Waals surface area (Å²) in [6, 6.07) is 5.09. The lowest BCUT2D eigenvalue weighted by molar-refractivity contribution is -0.115. The Kier molecular flexibility index (Phi) is 4.09. The molecule has 0 bridgehead atoms. The molecule has 16 heavy (non-hydrogen) atoms. The van der Waals surface area contributed by atoms with Crippen molar-refractivity contribution >= 4 is 28.2 Å². The number of hydrogen-bond acceptors (Lipinski definition) is 1. The maximum Gasteiger partial charge on any atom is 0.457 e. The average Bonchev–Trinajstić information content (AvgIpc) is 2.14. The third-order valence-electron chi connectivity index (χ3n) is 1.48. The number of nitrogens with zero attached hydrogens (tertiary/aromatic N) is 1. The normalized spacial score (nSPS) is 13.8. The van der Waals surface area contributed by atoms with Crippen molar-refractivity contribution in [2.24, 2.45) is 4.36 Å². The molecule has 1 unspecified atom stereocenters. The Morgan fingerprint density at radius 3 is 2.19 bits per heavy atom. The van der Waals surface area contributed by atoms with Gasteiger partial charge in [0.05, 0.1) is 0 Å². The van der Waals surface area contributed by atoms with E-state index in [0.717, 1.165) is 6.92 Å². The molecule has 88 valence electrons. The molecule has 0 aliphatic heterocycles. The smallest absolute Gasteiger partial charge is 0.272 e. The van der Waals surface area contributed by atoms with Gasteiger partial charge in [-0.1, -0.05) is 11.6 Å². The van der Waals surface area contributed by atoms with Crippen LogP contribution in [0.25, 0.3) is 0 Å². The summed E-state index contributed by atoms with van der Waals surface area (Å²) in [5.74, 6) is -0.851. The molecular formula is C9H7ClF3NOS. The minimum Gasteiger partial charge on any atom is -0.272 e. The number of carbonyl (C=O) groups excluding carboxylic acids is 1. The van der Waals surface area contributed by atoms with Gasteiger partial charge < -0.3 is 0 Å². The Hall–Kier alpha value is -0.880. The van der Waals surface area contributed by atoms with E-state index in [9.17, 15) is 18.0 Å². The van der Waals surface area contributed by atoms with E-state index in [2.05, 4.69) is 4.36 Å². The van der Waals surface area contributed by atoms with E-state index in [1.165, 1.54) is 24.3 Å². The number of carbonyl (C=O) groups is 1. The molecule has 0 saturated carbocycles. The van der Waals surface area contributed by atoms with Gasteiger partial charge in [-0.15, -0.1) is 0 Å². The van der Waals surface area contributed by atoms with E-state index in [1.807, 2.05) is 0 Å². The van der Waals surface area contributed by atoms with Gasteiger partial charge in [0.25, 0.3) is 0 Å². The second kappa shape index (κ2) is 4.97. The van der Waals surface area contributed by atoms with Gasteiger partial charge in [0.1, 0.15) is 0 Å². The molecule has 0 N–H and O–H groups in total. The van der Waals surface area contributed by atoms with Crippen molar-refractivity contribution in [3.05, 3.63) is 29.3 Å². The van der Waals surface area contributed by atoms with Crippen LogP contribution in [0.2, 0.25) is 5.02 Å². The molecule has 0 radical (unpaired) electrons. The molecule has 0 aliphatic rings. The molecule has 1 rings (SSSR count). The Morgan fingerprint density at radius 1 is 1.31 bits per heavy atom. The van der Waals surface area contributed by atoms with E-state index in [4.69, 9.17) is 11.6 Å². The summed E-state index contributed by atoms with van der Waals surface area (Å²) >= 11 is 5.56. The maximum atomic E-state index is 12.6. The van der Waals surface area contributed by atoms with Gasteiger partial charge in [0.2, 0.25) is 5.91 Å². The van der Waals surface area contributed by atoms with Crippen LogP contribution in [0.1, 0.15) is 6.92 Å². The highest BCUT2D eigenvalue weighted by atomic mass is 35.5. The second-order valence-corrected chi connectivity index (χ2v) is 4.92. The van der Waals surface area contributed by atoms with Gasteiger partial charge in [0, 0.05) is 27.5 Å². The summed E-state index contributed by atoms with van der Waals surface area (Å²) in [4.78, 5) is 10.6. The van der Waals surface area contributed by atoms with E-state index in [0.29, 0.717) is 5.02 Å². The minimum absolute atomic E-state index is 0.0768. The Bertz CT molecular complexity index is 427. The van der Waals surface area contributed by atoms with Crippen LogP contribution in [-0.2, 0) is 15.5 Å². The molecule has 0 aromatic heterocycles. The summed E-state index contributed by atoms with van der Waals surface area (Å²) in [6.45, 7) is 0.988. The Balaban J connectivity index is 3.23. The first-order valence-electron chi connectivity index (χ1n) is 4.10. The summed E-state index contributed by atoms with van der Waals surface area (Å²) in [6.07, 6.45) is 0. The monoisotopic (exact) mass is 269 g/mol. The van der Waals surface area contributed by atoms with Gasteiger partial charge in [-0.25, -0.2) is 0 Å². The topological polar surface area (TPSA) is 29.4 Å². The molecule has 0 saturated heterocycles. The average molecular weight is 270 g/mol. The van der Waals surface area contributed by atoms with Gasteiger partial charge in [0.15, 0.2) is 0 Å². The van der Waals surface area contributed by atoms with Gasteiger partial charge >= 0.3 is 5.51 Å². The van der Waals surface area contributed by atoms with Crippen molar-refractivity contribution in [1.29, 1.82) is 0 Å². The zero-order valence-corrected chi connectivity index (χ0v) is 9.66. The lowest BCUT2D eigenvalue weighted by atomic mass is 10.4. The fraction of sp³-hybridized carbons (Fsp3) is 0.222. The molecule has 2 nitrogen and oxygen atoms in total. The van der Waals surface area contributed by atoms with E-state index in [1.54, 1.807) is 0 Å². The highest BCUT2D eigenvalue weighted by Crippen LogP contribution is 2.29.